The van der Waals surface area contributed by atoms with Gasteiger partial charge in [0.2, 0.25) is 0 Å². The Morgan fingerprint density at radius 1 is 1.35 bits per heavy atom. The van der Waals surface area contributed by atoms with Crippen LogP contribution >= 0.6 is 0 Å². The van der Waals surface area contributed by atoms with Gasteiger partial charge < -0.3 is 14.8 Å². The molecular weight excluding hydrogens is 250 g/mol. The van der Waals surface area contributed by atoms with Crippen molar-refractivity contribution in [2.45, 2.75) is 39.2 Å². The van der Waals surface area contributed by atoms with Crippen molar-refractivity contribution in [3.05, 3.63) is 35.6 Å². The molecule has 2 aromatic rings. The molecule has 0 saturated heterocycles. The number of aliphatic hydroxyl groups excluding tert-OH is 1. The van der Waals surface area contributed by atoms with Crippen LogP contribution in [0, 0.1) is 5.41 Å². The van der Waals surface area contributed by atoms with E-state index >= 15 is 0 Å². The van der Waals surface area contributed by atoms with Gasteiger partial charge in [-0.2, -0.15) is 0 Å². The highest BCUT2D eigenvalue weighted by Gasteiger charge is 2.41. The van der Waals surface area contributed by atoms with Gasteiger partial charge in [0, 0.05) is 29.5 Å². The molecule has 1 aliphatic rings. The number of para-hydroxylation sites is 1. The van der Waals surface area contributed by atoms with Crippen LogP contribution < -0.4 is 5.32 Å². The molecule has 1 aromatic carbocycles. The first-order valence-electron chi connectivity index (χ1n) is 7.53. The first-order valence-corrected chi connectivity index (χ1v) is 7.53. The van der Waals surface area contributed by atoms with Gasteiger partial charge in [0.15, 0.2) is 0 Å². The van der Waals surface area contributed by atoms with E-state index in [1.165, 1.54) is 10.9 Å². The Kier molecular flexibility index (Phi) is 3.57. The number of hydrogen-bond acceptors (Lipinski definition) is 3. The van der Waals surface area contributed by atoms with Crippen LogP contribution in [0.15, 0.2) is 28.7 Å². The molecule has 1 aromatic heterocycles. The standard InChI is InChI=1S/C17H23NO2/c1-3-13-14-6-4-5-7-15(14)20-16(13)12(2)18-10-17(11-19)8-9-17/h4-7,12,18-19H,3,8-11H2,1-2H3. The fourth-order valence-corrected chi connectivity index (χ4v) is 2.86. The Hall–Kier alpha value is -1.32. The third-order valence-electron chi connectivity index (χ3n) is 4.55. The van der Waals surface area contributed by atoms with E-state index in [-0.39, 0.29) is 18.1 Å². The van der Waals surface area contributed by atoms with E-state index in [1.54, 1.807) is 0 Å². The second-order valence-corrected chi connectivity index (χ2v) is 6.06. The molecule has 3 heteroatoms. The maximum atomic E-state index is 9.39. The van der Waals surface area contributed by atoms with Crippen LogP contribution in [-0.4, -0.2) is 18.3 Å². The number of fused-ring (bicyclic) bond motifs is 1. The van der Waals surface area contributed by atoms with Crippen LogP contribution in [0.25, 0.3) is 11.0 Å². The molecule has 0 aliphatic heterocycles. The van der Waals surface area contributed by atoms with Crippen molar-refractivity contribution in [1.29, 1.82) is 0 Å². The SMILES string of the molecule is CCc1c(C(C)NCC2(CO)CC2)oc2ccccc12. The molecule has 0 bridgehead atoms. The summed E-state index contributed by atoms with van der Waals surface area (Å²) in [5, 5.41) is 14.2. The van der Waals surface area contributed by atoms with Crippen molar-refractivity contribution in [2.24, 2.45) is 5.41 Å². The molecule has 108 valence electrons. The Morgan fingerprint density at radius 2 is 2.10 bits per heavy atom. The minimum absolute atomic E-state index is 0.132. The van der Waals surface area contributed by atoms with E-state index in [1.807, 2.05) is 12.1 Å². The Morgan fingerprint density at radius 3 is 2.75 bits per heavy atom. The minimum atomic E-state index is 0.132. The molecule has 1 aliphatic carbocycles. The van der Waals surface area contributed by atoms with Gasteiger partial charge in [-0.05, 0) is 32.3 Å². The molecular formula is C17H23NO2. The van der Waals surface area contributed by atoms with E-state index in [0.29, 0.717) is 0 Å². The van der Waals surface area contributed by atoms with Gasteiger partial charge >= 0.3 is 0 Å². The van der Waals surface area contributed by atoms with Gasteiger partial charge in [-0.25, -0.2) is 0 Å². The lowest BCUT2D eigenvalue weighted by molar-refractivity contribution is 0.203. The Labute approximate surface area is 120 Å². The highest BCUT2D eigenvalue weighted by Crippen LogP contribution is 2.44. The topological polar surface area (TPSA) is 45.4 Å². The average molecular weight is 273 g/mol. The van der Waals surface area contributed by atoms with Crippen molar-refractivity contribution in [3.8, 4) is 0 Å². The first kappa shape index (κ1) is 13.7. The molecule has 3 nitrogen and oxygen atoms in total. The number of aliphatic hydroxyl groups is 1. The average Bonchev–Trinajstić information content (AvgIpc) is 3.17. The predicted octanol–water partition coefficient (Wildman–Crippen LogP) is 3.42. The Balaban J connectivity index is 1.81. The summed E-state index contributed by atoms with van der Waals surface area (Å²) in [7, 11) is 0. The third-order valence-corrected chi connectivity index (χ3v) is 4.55. The quantitative estimate of drug-likeness (QED) is 0.847. The second kappa shape index (κ2) is 5.23. The second-order valence-electron chi connectivity index (χ2n) is 6.06. The van der Waals surface area contributed by atoms with E-state index in [9.17, 15) is 5.11 Å². The number of hydrogen-bond donors (Lipinski definition) is 2. The number of benzene rings is 1. The Bertz CT molecular complexity index is 598. The number of nitrogens with one attached hydrogen (secondary N) is 1. The predicted molar refractivity (Wildman–Crippen MR) is 80.8 cm³/mol. The molecule has 1 saturated carbocycles. The first-order chi connectivity index (χ1) is 9.69. The minimum Gasteiger partial charge on any atom is -0.459 e. The summed E-state index contributed by atoms with van der Waals surface area (Å²) in [5.41, 5.74) is 2.40. The fourth-order valence-electron chi connectivity index (χ4n) is 2.86. The maximum absolute atomic E-state index is 9.39. The van der Waals surface area contributed by atoms with Gasteiger partial charge in [0.1, 0.15) is 11.3 Å². The van der Waals surface area contributed by atoms with E-state index in [4.69, 9.17) is 4.42 Å². The summed E-state index contributed by atoms with van der Waals surface area (Å²) < 4.78 is 6.05. The van der Waals surface area contributed by atoms with Crippen LogP contribution in [0.4, 0.5) is 0 Å². The molecule has 1 fully saturated rings. The molecule has 3 rings (SSSR count). The van der Waals surface area contributed by atoms with Crippen LogP contribution in [-0.2, 0) is 6.42 Å². The van der Waals surface area contributed by atoms with E-state index < -0.39 is 0 Å². The fraction of sp³-hybridized carbons (Fsp3) is 0.529. The van der Waals surface area contributed by atoms with Crippen molar-refractivity contribution in [1.82, 2.24) is 5.32 Å². The monoisotopic (exact) mass is 273 g/mol. The van der Waals surface area contributed by atoms with Crippen LogP contribution in [0.2, 0.25) is 0 Å². The molecule has 1 atom stereocenters. The number of furan rings is 1. The van der Waals surface area contributed by atoms with Crippen molar-refractivity contribution in [2.75, 3.05) is 13.2 Å². The maximum Gasteiger partial charge on any atom is 0.134 e. The van der Waals surface area contributed by atoms with E-state index in [0.717, 1.165) is 37.2 Å². The van der Waals surface area contributed by atoms with Crippen LogP contribution in [0.1, 0.15) is 44.1 Å². The largest absolute Gasteiger partial charge is 0.459 e. The van der Waals surface area contributed by atoms with Gasteiger partial charge in [0.05, 0.1) is 6.04 Å². The van der Waals surface area contributed by atoms with Crippen LogP contribution in [0.3, 0.4) is 0 Å². The van der Waals surface area contributed by atoms with Gasteiger partial charge in [-0.1, -0.05) is 25.1 Å². The molecule has 2 N–H and O–H groups in total. The molecule has 0 spiro atoms. The zero-order valence-electron chi connectivity index (χ0n) is 12.3. The van der Waals surface area contributed by atoms with E-state index in [2.05, 4.69) is 31.3 Å². The molecule has 1 heterocycles. The van der Waals surface area contributed by atoms with Crippen molar-refractivity contribution < 1.29 is 9.52 Å². The highest BCUT2D eigenvalue weighted by molar-refractivity contribution is 5.82. The van der Waals surface area contributed by atoms with Gasteiger partial charge in [-0.15, -0.1) is 0 Å². The normalized spacial score (nSPS) is 18.4. The van der Waals surface area contributed by atoms with Gasteiger partial charge in [-0.3, -0.25) is 0 Å². The van der Waals surface area contributed by atoms with Gasteiger partial charge in [0.25, 0.3) is 0 Å². The smallest absolute Gasteiger partial charge is 0.134 e. The number of aryl methyl sites for hydroxylation is 1. The third kappa shape index (κ3) is 2.36. The van der Waals surface area contributed by atoms with Crippen molar-refractivity contribution >= 4 is 11.0 Å². The van der Waals surface area contributed by atoms with Crippen LogP contribution in [0.5, 0.6) is 0 Å². The lowest BCUT2D eigenvalue weighted by atomic mass is 10.0. The summed E-state index contributed by atoms with van der Waals surface area (Å²) in [4.78, 5) is 0. The summed E-state index contributed by atoms with van der Waals surface area (Å²) in [6.45, 7) is 5.46. The number of rotatable bonds is 6. The zero-order chi connectivity index (χ0) is 14.2. The lowest BCUT2D eigenvalue weighted by Crippen LogP contribution is -2.29. The summed E-state index contributed by atoms with van der Waals surface area (Å²) in [6, 6.07) is 8.41. The molecule has 0 radical (unpaired) electrons. The summed E-state index contributed by atoms with van der Waals surface area (Å²) >= 11 is 0. The molecule has 0 amide bonds. The van der Waals surface area contributed by atoms with Crippen molar-refractivity contribution in [3.63, 3.8) is 0 Å². The summed E-state index contributed by atoms with van der Waals surface area (Å²) in [6.07, 6.45) is 3.23. The summed E-state index contributed by atoms with van der Waals surface area (Å²) in [5.74, 6) is 1.04. The zero-order valence-corrected chi connectivity index (χ0v) is 12.3. The lowest BCUT2D eigenvalue weighted by Gasteiger charge is -2.17. The molecule has 1 unspecified atom stereocenters. The highest BCUT2D eigenvalue weighted by atomic mass is 16.3. The molecule has 20 heavy (non-hydrogen) atoms.